The number of phenols is 1. The van der Waals surface area contributed by atoms with E-state index in [0.717, 1.165) is 50.6 Å². The third kappa shape index (κ3) is 10.8. The Labute approximate surface area is 319 Å². The highest BCUT2D eigenvalue weighted by molar-refractivity contribution is 7.09. The van der Waals surface area contributed by atoms with Gasteiger partial charge in [0.15, 0.2) is 0 Å². The number of fused-ring (bicyclic) bond motifs is 1. The van der Waals surface area contributed by atoms with Gasteiger partial charge >= 0.3 is 0 Å². The van der Waals surface area contributed by atoms with Crippen molar-refractivity contribution in [2.75, 3.05) is 26.7 Å². The Kier molecular flexibility index (Phi) is 15.7. The number of rotatable bonds is 18. The first kappa shape index (κ1) is 42.2. The Morgan fingerprint density at radius 2 is 1.89 bits per heavy atom. The summed E-state index contributed by atoms with van der Waals surface area (Å²) in [6.07, 6.45) is 6.00. The molecule has 0 spiro atoms. The number of nitrogens with zero attached hydrogens (tertiary/aromatic N) is 3. The van der Waals surface area contributed by atoms with Crippen molar-refractivity contribution in [3.63, 3.8) is 0 Å². The van der Waals surface area contributed by atoms with Crippen molar-refractivity contribution >= 4 is 35.0 Å². The molecule has 4 amide bonds. The quantitative estimate of drug-likeness (QED) is 0.159. The average molecular weight is 755 g/mol. The lowest BCUT2D eigenvalue weighted by atomic mass is 9.79. The van der Waals surface area contributed by atoms with E-state index in [2.05, 4.69) is 36.3 Å². The smallest absolute Gasteiger partial charge is 0.270 e. The Morgan fingerprint density at radius 3 is 2.53 bits per heavy atom. The van der Waals surface area contributed by atoms with Gasteiger partial charge in [-0.2, -0.15) is 0 Å². The summed E-state index contributed by atoms with van der Waals surface area (Å²) >= 11 is 1.36. The van der Waals surface area contributed by atoms with E-state index in [-0.39, 0.29) is 59.1 Å². The summed E-state index contributed by atoms with van der Waals surface area (Å²) < 4.78 is 6.41. The number of hydrogen-bond donors (Lipinski definition) is 4. The summed E-state index contributed by atoms with van der Waals surface area (Å²) in [5.41, 5.74) is 7.54. The first-order valence-electron chi connectivity index (χ1n) is 19.6. The van der Waals surface area contributed by atoms with Crippen molar-refractivity contribution in [3.05, 3.63) is 45.4 Å². The van der Waals surface area contributed by atoms with Crippen molar-refractivity contribution in [1.29, 1.82) is 0 Å². The van der Waals surface area contributed by atoms with Crippen LogP contribution in [0.25, 0.3) is 0 Å². The molecule has 1 aliphatic heterocycles. The number of benzene rings is 1. The van der Waals surface area contributed by atoms with Crippen molar-refractivity contribution in [2.45, 2.75) is 136 Å². The minimum atomic E-state index is -0.646. The van der Waals surface area contributed by atoms with E-state index in [1.807, 2.05) is 32.7 Å². The van der Waals surface area contributed by atoms with Crippen LogP contribution in [-0.4, -0.2) is 94.4 Å². The predicted octanol–water partition coefficient (Wildman–Crippen LogP) is 5.30. The monoisotopic (exact) mass is 754 g/mol. The van der Waals surface area contributed by atoms with Crippen molar-refractivity contribution in [3.8, 4) is 5.75 Å². The lowest BCUT2D eigenvalue weighted by molar-refractivity contribution is -0.143. The summed E-state index contributed by atoms with van der Waals surface area (Å²) in [6, 6.07) is 3.47. The number of likely N-dealkylation sites (N-methyl/N-ethyl adjacent to an activating group) is 1. The molecule has 13 heteroatoms. The molecule has 1 aromatic carbocycles. The topological polar surface area (TPSA) is 167 Å². The van der Waals surface area contributed by atoms with Crippen LogP contribution >= 0.6 is 11.3 Å². The molecule has 1 fully saturated rings. The zero-order valence-corrected chi connectivity index (χ0v) is 33.5. The van der Waals surface area contributed by atoms with Crippen molar-refractivity contribution in [2.24, 2.45) is 17.6 Å². The largest absolute Gasteiger partial charge is 0.508 e. The molecule has 7 atom stereocenters. The van der Waals surface area contributed by atoms with Gasteiger partial charge in [-0.25, -0.2) is 4.98 Å². The van der Waals surface area contributed by atoms with Gasteiger partial charge in [-0.1, -0.05) is 60.5 Å². The molecule has 4 rings (SSSR count). The number of carbonyl (C=O) groups excluding carboxylic acids is 4. The fraction of sp³-hybridized carbons (Fsp3) is 0.675. The van der Waals surface area contributed by atoms with E-state index in [1.54, 1.807) is 23.6 Å². The van der Waals surface area contributed by atoms with Crippen LogP contribution in [0.4, 0.5) is 0 Å². The molecule has 1 aliphatic carbocycles. The molecule has 0 saturated carbocycles. The number of hydrogen-bond acceptors (Lipinski definition) is 9. The highest BCUT2D eigenvalue weighted by atomic mass is 32.1. The summed E-state index contributed by atoms with van der Waals surface area (Å²) in [4.78, 5) is 62.9. The van der Waals surface area contributed by atoms with E-state index >= 15 is 0 Å². The first-order valence-corrected chi connectivity index (χ1v) is 20.5. The van der Waals surface area contributed by atoms with Gasteiger partial charge in [0, 0.05) is 37.0 Å². The fourth-order valence-electron chi connectivity index (χ4n) is 7.71. The van der Waals surface area contributed by atoms with E-state index in [0.29, 0.717) is 43.0 Å². The highest BCUT2D eigenvalue weighted by Gasteiger charge is 2.38. The number of likely N-dealkylation sites (tertiary alicyclic amines) is 1. The van der Waals surface area contributed by atoms with Gasteiger partial charge in [-0.15, -0.1) is 11.3 Å². The second kappa shape index (κ2) is 19.7. The van der Waals surface area contributed by atoms with Gasteiger partial charge in [0.1, 0.15) is 28.6 Å². The summed E-state index contributed by atoms with van der Waals surface area (Å²) in [7, 11) is 1.98. The summed E-state index contributed by atoms with van der Waals surface area (Å²) in [5, 5.41) is 18.6. The normalized spacial score (nSPS) is 21.2. The second-order valence-corrected chi connectivity index (χ2v) is 16.2. The number of aromatic nitrogens is 1. The maximum atomic E-state index is 14.6. The van der Waals surface area contributed by atoms with Gasteiger partial charge in [-0.05, 0) is 87.2 Å². The lowest BCUT2D eigenvalue weighted by Gasteiger charge is -2.40. The number of primary amides is 1. The number of nitrogens with one attached hydrogen (secondary N) is 2. The van der Waals surface area contributed by atoms with Crippen LogP contribution in [0.5, 0.6) is 5.75 Å². The molecule has 1 aromatic heterocycles. The molecular weight excluding hydrogens is 693 g/mol. The minimum Gasteiger partial charge on any atom is -0.508 e. The first-order chi connectivity index (χ1) is 25.3. The van der Waals surface area contributed by atoms with Gasteiger partial charge in [0.2, 0.25) is 17.7 Å². The van der Waals surface area contributed by atoms with Gasteiger partial charge in [-0.3, -0.25) is 24.1 Å². The molecule has 0 bridgehead atoms. The number of thiazole rings is 1. The highest BCUT2D eigenvalue weighted by Crippen LogP contribution is 2.35. The molecule has 53 heavy (non-hydrogen) atoms. The summed E-state index contributed by atoms with van der Waals surface area (Å²) in [6.45, 7) is 14.3. The third-order valence-electron chi connectivity index (χ3n) is 10.9. The molecule has 2 aromatic rings. The van der Waals surface area contributed by atoms with E-state index in [9.17, 15) is 24.3 Å². The maximum absolute atomic E-state index is 14.6. The lowest BCUT2D eigenvalue weighted by Crippen LogP contribution is -2.58. The van der Waals surface area contributed by atoms with Gasteiger partial charge in [0.25, 0.3) is 5.91 Å². The van der Waals surface area contributed by atoms with E-state index in [4.69, 9.17) is 15.5 Å². The van der Waals surface area contributed by atoms with Gasteiger partial charge < -0.3 is 31.1 Å². The molecule has 5 N–H and O–H groups in total. The third-order valence-corrected chi connectivity index (χ3v) is 11.9. The predicted molar refractivity (Wildman–Crippen MR) is 208 cm³/mol. The number of carbonyl (C=O) groups is 4. The van der Waals surface area contributed by atoms with Crippen LogP contribution in [-0.2, 0) is 25.5 Å². The Bertz CT molecular complexity index is 1550. The molecule has 294 valence electrons. The van der Waals surface area contributed by atoms with Crippen LogP contribution < -0.4 is 16.4 Å². The fourth-order valence-corrected chi connectivity index (χ4v) is 8.57. The number of phenolic OH excluding ortho intramolecular Hbond substituents is 1. The number of nitrogens with two attached hydrogens (primary N) is 1. The van der Waals surface area contributed by atoms with Crippen LogP contribution in [0.2, 0.25) is 0 Å². The molecule has 0 radical (unpaired) electrons. The van der Waals surface area contributed by atoms with Crippen LogP contribution in [0.15, 0.2) is 23.6 Å². The number of aromatic hydroxyl groups is 1. The van der Waals surface area contributed by atoms with Crippen molar-refractivity contribution in [1.82, 2.24) is 25.4 Å². The van der Waals surface area contributed by atoms with Gasteiger partial charge in [0.05, 0.1) is 12.0 Å². The standard InChI is InChI=1S/C40H62N6O6S/c1-8-16-46(40(51)35(25(6)10-3)44-38(50)32-13-11-12-17-45(32)7)33(24(4)5)22-34(52-18-9-2)39-43-31(23-53-39)37(49)42-27-19-26-14-15-28(47)21-29(26)30(20-27)36(41)48/h14-15,21,23-25,27,30,32-35,47H,8-13,16-20,22H2,1-7H3,(H2,41,48)(H,42,49)(H,44,50)/t25-,27?,30+,32+,33+,34+,35-/m0/s1. The van der Waals surface area contributed by atoms with E-state index in [1.165, 1.54) is 11.3 Å². The molecule has 2 aliphatic rings. The molecule has 2 heterocycles. The van der Waals surface area contributed by atoms with Crippen molar-refractivity contribution < 1.29 is 29.0 Å². The summed E-state index contributed by atoms with van der Waals surface area (Å²) in [5.74, 6) is -1.54. The average Bonchev–Trinajstić information content (AvgIpc) is 3.63. The van der Waals surface area contributed by atoms with E-state index < -0.39 is 24.0 Å². The SMILES string of the molecule is CCCO[C@H](C[C@H](C(C)C)N(CCC)C(=O)[C@@H](NC(=O)[C@H]1CCCCN1C)[C@@H](C)CC)c1nc(C(=O)NC2Cc3ccc(O)cc3[C@H](C(N)=O)C2)cs1. The zero-order chi connectivity index (χ0) is 38.8. The zero-order valence-electron chi connectivity index (χ0n) is 32.7. The van der Waals surface area contributed by atoms with Crippen LogP contribution in [0.1, 0.15) is 132 Å². The Hall–Kier alpha value is -3.55. The van der Waals surface area contributed by atoms with Crippen LogP contribution in [0, 0.1) is 11.8 Å². The van der Waals surface area contributed by atoms with Crippen LogP contribution in [0.3, 0.4) is 0 Å². The number of amides is 4. The molecule has 1 saturated heterocycles. The minimum absolute atomic E-state index is 0.0530. The Morgan fingerprint density at radius 1 is 1.13 bits per heavy atom. The number of ether oxygens (including phenoxy) is 1. The molecular formula is C40H62N6O6S. The molecule has 12 nitrogen and oxygen atoms in total. The molecule has 1 unspecified atom stereocenters. The number of piperidine rings is 1. The Balaban J connectivity index is 1.54. The maximum Gasteiger partial charge on any atom is 0.270 e. The second-order valence-electron chi connectivity index (χ2n) is 15.3.